The van der Waals surface area contributed by atoms with E-state index in [2.05, 4.69) is 4.98 Å². The molecule has 2 aromatic carbocycles. The number of carbonyl (C=O) groups excluding carboxylic acids is 2. The van der Waals surface area contributed by atoms with Crippen LogP contribution in [-0.4, -0.2) is 49.5 Å². The van der Waals surface area contributed by atoms with Crippen molar-refractivity contribution in [3.63, 3.8) is 0 Å². The van der Waals surface area contributed by atoms with Crippen LogP contribution in [-0.2, 0) is 9.53 Å². The van der Waals surface area contributed by atoms with Crippen LogP contribution in [0, 0.1) is 0 Å². The lowest BCUT2D eigenvalue weighted by atomic mass is 10.2. The normalized spacial score (nSPS) is 11.9. The fourth-order valence-electron chi connectivity index (χ4n) is 2.66. The van der Waals surface area contributed by atoms with Crippen molar-refractivity contribution in [2.24, 2.45) is 0 Å². The van der Waals surface area contributed by atoms with Crippen LogP contribution in [0.25, 0.3) is 10.2 Å². The van der Waals surface area contributed by atoms with Gasteiger partial charge in [0.25, 0.3) is 5.91 Å². The Balaban J connectivity index is 1.59. The molecule has 3 aromatic rings. The number of nitrogens with zero attached hydrogens (tertiary/aromatic N) is 3. The quantitative estimate of drug-likeness (QED) is 0.593. The topological polar surface area (TPSA) is 62.7 Å². The molecule has 1 aromatic heterocycles. The van der Waals surface area contributed by atoms with Gasteiger partial charge in [0.1, 0.15) is 5.01 Å². The number of fused-ring (bicyclic) bond motifs is 1. The van der Waals surface area contributed by atoms with E-state index in [9.17, 15) is 9.59 Å². The molecule has 1 heterocycles. The van der Waals surface area contributed by atoms with Crippen LogP contribution in [0.4, 0.5) is 5.69 Å². The molecule has 0 unspecified atom stereocenters. The number of anilines is 1. The SMILES string of the molecule is C[C@@H](c1nc2ccccc2s1)N(C)C(=O)COC(=O)c1ccc(N(C)C)cc1. The van der Waals surface area contributed by atoms with Crippen molar-refractivity contribution in [2.45, 2.75) is 13.0 Å². The fourth-order valence-corrected chi connectivity index (χ4v) is 3.72. The zero-order chi connectivity index (χ0) is 20.3. The van der Waals surface area contributed by atoms with Gasteiger partial charge in [0, 0.05) is 26.8 Å². The first-order valence-corrected chi connectivity index (χ1v) is 9.74. The molecule has 6 nitrogen and oxygen atoms in total. The molecule has 0 aliphatic carbocycles. The molecule has 0 fully saturated rings. The number of likely N-dealkylation sites (N-methyl/N-ethyl adjacent to an activating group) is 1. The van der Waals surface area contributed by atoms with Crippen molar-refractivity contribution in [3.8, 4) is 0 Å². The third kappa shape index (κ3) is 4.31. The van der Waals surface area contributed by atoms with Gasteiger partial charge in [0.15, 0.2) is 6.61 Å². The highest BCUT2D eigenvalue weighted by atomic mass is 32.1. The minimum Gasteiger partial charge on any atom is -0.452 e. The number of aromatic nitrogens is 1. The highest BCUT2D eigenvalue weighted by molar-refractivity contribution is 7.18. The van der Waals surface area contributed by atoms with E-state index < -0.39 is 5.97 Å². The number of hydrogen-bond acceptors (Lipinski definition) is 6. The number of hydrogen-bond donors (Lipinski definition) is 0. The number of rotatable bonds is 6. The Morgan fingerprint density at radius 1 is 1.07 bits per heavy atom. The average molecular weight is 398 g/mol. The number of thiazole rings is 1. The van der Waals surface area contributed by atoms with Crippen molar-refractivity contribution in [3.05, 3.63) is 59.1 Å². The smallest absolute Gasteiger partial charge is 0.338 e. The lowest BCUT2D eigenvalue weighted by Gasteiger charge is -2.23. The second-order valence-electron chi connectivity index (χ2n) is 6.72. The number of carbonyl (C=O) groups is 2. The summed E-state index contributed by atoms with van der Waals surface area (Å²) < 4.78 is 6.28. The van der Waals surface area contributed by atoms with E-state index in [1.165, 1.54) is 0 Å². The third-order valence-electron chi connectivity index (χ3n) is 4.59. The molecule has 0 aliphatic heterocycles. The lowest BCUT2D eigenvalue weighted by Crippen LogP contribution is -2.33. The number of esters is 1. The van der Waals surface area contributed by atoms with E-state index in [1.54, 1.807) is 35.4 Å². The molecule has 28 heavy (non-hydrogen) atoms. The Morgan fingerprint density at radius 3 is 2.39 bits per heavy atom. The maximum atomic E-state index is 12.5. The van der Waals surface area contributed by atoms with E-state index in [0.717, 1.165) is 20.9 Å². The van der Waals surface area contributed by atoms with Crippen LogP contribution in [0.15, 0.2) is 48.5 Å². The molecule has 0 bridgehead atoms. The van der Waals surface area contributed by atoms with Crippen molar-refractivity contribution in [2.75, 3.05) is 32.6 Å². The molecule has 1 atom stereocenters. The molecule has 7 heteroatoms. The van der Waals surface area contributed by atoms with E-state index in [1.807, 2.05) is 62.3 Å². The summed E-state index contributed by atoms with van der Waals surface area (Å²) in [4.78, 5) is 32.8. The molecular weight excluding hydrogens is 374 g/mol. The van der Waals surface area contributed by atoms with E-state index in [4.69, 9.17) is 4.74 Å². The molecule has 0 saturated carbocycles. The van der Waals surface area contributed by atoms with Gasteiger partial charge in [-0.25, -0.2) is 9.78 Å². The van der Waals surface area contributed by atoms with Crippen LogP contribution < -0.4 is 4.90 Å². The van der Waals surface area contributed by atoms with Gasteiger partial charge in [-0.3, -0.25) is 4.79 Å². The second-order valence-corrected chi connectivity index (χ2v) is 7.78. The van der Waals surface area contributed by atoms with Gasteiger partial charge in [0.2, 0.25) is 0 Å². The van der Waals surface area contributed by atoms with Crippen molar-refractivity contribution >= 4 is 39.1 Å². The van der Waals surface area contributed by atoms with Crippen LogP contribution in [0.1, 0.15) is 28.3 Å². The number of amides is 1. The van der Waals surface area contributed by atoms with E-state index in [0.29, 0.717) is 5.56 Å². The van der Waals surface area contributed by atoms with Crippen LogP contribution >= 0.6 is 11.3 Å². The Labute approximate surface area is 168 Å². The summed E-state index contributed by atoms with van der Waals surface area (Å²) in [5.41, 5.74) is 2.32. The first-order valence-electron chi connectivity index (χ1n) is 8.92. The van der Waals surface area contributed by atoms with E-state index in [-0.39, 0.29) is 18.6 Å². The van der Waals surface area contributed by atoms with Crippen LogP contribution in [0.3, 0.4) is 0 Å². The summed E-state index contributed by atoms with van der Waals surface area (Å²) in [5, 5.41) is 0.850. The standard InChI is InChI=1S/C21H23N3O3S/c1-14(20-22-17-7-5-6-8-18(17)28-20)24(4)19(25)13-27-21(26)15-9-11-16(12-10-15)23(2)3/h5-12,14H,13H2,1-4H3/t14-/m0/s1. The summed E-state index contributed by atoms with van der Waals surface area (Å²) in [6.07, 6.45) is 0. The van der Waals surface area contributed by atoms with E-state index >= 15 is 0 Å². The molecule has 0 radical (unpaired) electrons. The van der Waals surface area contributed by atoms with Crippen molar-refractivity contribution in [1.29, 1.82) is 0 Å². The molecular formula is C21H23N3O3S. The maximum absolute atomic E-state index is 12.5. The molecule has 1 amide bonds. The van der Waals surface area contributed by atoms with Gasteiger partial charge < -0.3 is 14.5 Å². The second kappa shape index (κ2) is 8.39. The predicted octanol–water partition coefficient (Wildman–Crippen LogP) is 3.74. The highest BCUT2D eigenvalue weighted by Crippen LogP contribution is 2.28. The van der Waals surface area contributed by atoms with Gasteiger partial charge in [-0.05, 0) is 43.3 Å². The van der Waals surface area contributed by atoms with Gasteiger partial charge >= 0.3 is 5.97 Å². The summed E-state index contributed by atoms with van der Waals surface area (Å²) in [5.74, 6) is -0.787. The summed E-state index contributed by atoms with van der Waals surface area (Å²) in [7, 11) is 5.54. The Kier molecular flexibility index (Phi) is 5.94. The predicted molar refractivity (Wildman–Crippen MR) is 112 cm³/mol. The summed E-state index contributed by atoms with van der Waals surface area (Å²) >= 11 is 1.56. The van der Waals surface area contributed by atoms with Crippen molar-refractivity contribution < 1.29 is 14.3 Å². The number of para-hydroxylation sites is 1. The Morgan fingerprint density at radius 2 is 1.75 bits per heavy atom. The largest absolute Gasteiger partial charge is 0.452 e. The third-order valence-corrected chi connectivity index (χ3v) is 5.79. The maximum Gasteiger partial charge on any atom is 0.338 e. The summed E-state index contributed by atoms with van der Waals surface area (Å²) in [6, 6.07) is 14.7. The van der Waals surface area contributed by atoms with Crippen LogP contribution in [0.2, 0.25) is 0 Å². The number of ether oxygens (including phenoxy) is 1. The minimum atomic E-state index is -0.514. The fraction of sp³-hybridized carbons (Fsp3) is 0.286. The average Bonchev–Trinajstić information content (AvgIpc) is 3.14. The monoisotopic (exact) mass is 397 g/mol. The Hall–Kier alpha value is -2.93. The molecule has 0 N–H and O–H groups in total. The lowest BCUT2D eigenvalue weighted by molar-refractivity contribution is -0.135. The Bertz CT molecular complexity index is 949. The molecule has 146 valence electrons. The minimum absolute atomic E-state index is 0.206. The molecule has 0 spiro atoms. The molecule has 0 saturated heterocycles. The first-order chi connectivity index (χ1) is 13.4. The van der Waals surface area contributed by atoms with Gasteiger partial charge in [-0.2, -0.15) is 0 Å². The van der Waals surface area contributed by atoms with Gasteiger partial charge in [-0.15, -0.1) is 11.3 Å². The number of benzene rings is 2. The zero-order valence-electron chi connectivity index (χ0n) is 16.4. The van der Waals surface area contributed by atoms with Gasteiger partial charge in [0.05, 0.1) is 21.8 Å². The zero-order valence-corrected chi connectivity index (χ0v) is 17.2. The van der Waals surface area contributed by atoms with Crippen LogP contribution in [0.5, 0.6) is 0 Å². The first kappa shape index (κ1) is 19.8. The highest BCUT2D eigenvalue weighted by Gasteiger charge is 2.22. The molecule has 0 aliphatic rings. The van der Waals surface area contributed by atoms with Crippen molar-refractivity contribution in [1.82, 2.24) is 9.88 Å². The van der Waals surface area contributed by atoms with Gasteiger partial charge in [-0.1, -0.05) is 12.1 Å². The summed E-state index contributed by atoms with van der Waals surface area (Å²) in [6.45, 7) is 1.61. The molecule has 3 rings (SSSR count).